The number of hydrogen-bond donors (Lipinski definition) is 0. The Hall–Kier alpha value is -0.800. The predicted molar refractivity (Wildman–Crippen MR) is 86.7 cm³/mol. The molecule has 4 heteroatoms. The second-order valence-corrected chi connectivity index (χ2v) is 6.13. The summed E-state index contributed by atoms with van der Waals surface area (Å²) >= 11 is 6.01. The molecule has 1 aliphatic rings. The molecule has 0 spiro atoms. The number of nitrogens with zero attached hydrogens (tertiary/aromatic N) is 3. The molecule has 1 aromatic heterocycles. The maximum absolute atomic E-state index is 6.01. The number of aromatic nitrogens is 1. The minimum absolute atomic E-state index is 0.559. The van der Waals surface area contributed by atoms with Crippen LogP contribution in [-0.2, 0) is 12.3 Å². The number of halogens is 1. The second-order valence-electron chi connectivity index (χ2n) is 5.87. The van der Waals surface area contributed by atoms with Gasteiger partial charge in [0.2, 0.25) is 0 Å². The fourth-order valence-corrected chi connectivity index (χ4v) is 3.06. The van der Waals surface area contributed by atoms with Crippen LogP contribution in [0.5, 0.6) is 0 Å². The van der Waals surface area contributed by atoms with Crippen LogP contribution in [-0.4, -0.2) is 43.1 Å². The molecule has 0 radical (unpaired) electrons. The number of pyridine rings is 1. The third-order valence-corrected chi connectivity index (χ3v) is 4.44. The van der Waals surface area contributed by atoms with Crippen LogP contribution < -0.4 is 4.90 Å². The minimum atomic E-state index is 0.559. The maximum Gasteiger partial charge on any atom is 0.128 e. The lowest BCUT2D eigenvalue weighted by Crippen LogP contribution is -2.37. The number of anilines is 1. The van der Waals surface area contributed by atoms with Gasteiger partial charge in [0.1, 0.15) is 5.82 Å². The van der Waals surface area contributed by atoms with Gasteiger partial charge in [-0.25, -0.2) is 4.98 Å². The molecule has 112 valence electrons. The van der Waals surface area contributed by atoms with Crippen LogP contribution >= 0.6 is 11.6 Å². The predicted octanol–water partition coefficient (Wildman–Crippen LogP) is 3.30. The van der Waals surface area contributed by atoms with Crippen molar-refractivity contribution in [2.24, 2.45) is 0 Å². The third kappa shape index (κ3) is 3.86. The SMILES string of the molecule is CCCc1cc(CCl)cc(N(C)CC2CCCN2C)n1. The van der Waals surface area contributed by atoms with Gasteiger partial charge in [0.05, 0.1) is 0 Å². The van der Waals surface area contributed by atoms with Gasteiger partial charge in [0.25, 0.3) is 0 Å². The number of alkyl halides is 1. The summed E-state index contributed by atoms with van der Waals surface area (Å²) in [7, 11) is 4.36. The molecule has 1 atom stereocenters. The lowest BCUT2D eigenvalue weighted by atomic mass is 10.1. The van der Waals surface area contributed by atoms with Gasteiger partial charge in [-0.1, -0.05) is 13.3 Å². The second kappa shape index (κ2) is 7.28. The van der Waals surface area contributed by atoms with Crippen LogP contribution in [0.15, 0.2) is 12.1 Å². The van der Waals surface area contributed by atoms with Crippen molar-refractivity contribution in [2.45, 2.75) is 44.5 Å². The molecule has 0 aromatic carbocycles. The van der Waals surface area contributed by atoms with Crippen molar-refractivity contribution in [3.05, 3.63) is 23.4 Å². The van der Waals surface area contributed by atoms with Crippen molar-refractivity contribution in [1.82, 2.24) is 9.88 Å². The molecule has 0 bridgehead atoms. The Kier molecular flexibility index (Phi) is 5.67. The van der Waals surface area contributed by atoms with Crippen molar-refractivity contribution in [3.8, 4) is 0 Å². The molecule has 20 heavy (non-hydrogen) atoms. The topological polar surface area (TPSA) is 19.4 Å². The Labute approximate surface area is 127 Å². The Morgan fingerprint density at radius 3 is 2.85 bits per heavy atom. The van der Waals surface area contributed by atoms with E-state index in [1.165, 1.54) is 24.9 Å². The van der Waals surface area contributed by atoms with E-state index in [0.717, 1.165) is 30.9 Å². The van der Waals surface area contributed by atoms with Crippen molar-refractivity contribution in [1.29, 1.82) is 0 Å². The highest BCUT2D eigenvalue weighted by atomic mass is 35.5. The molecule has 0 amide bonds. The smallest absolute Gasteiger partial charge is 0.128 e. The van der Waals surface area contributed by atoms with Crippen LogP contribution in [0.3, 0.4) is 0 Å². The van der Waals surface area contributed by atoms with E-state index in [1.54, 1.807) is 0 Å². The van der Waals surface area contributed by atoms with Gasteiger partial charge in [-0.15, -0.1) is 11.6 Å². The molecule has 0 N–H and O–H groups in total. The van der Waals surface area contributed by atoms with Gasteiger partial charge in [-0.3, -0.25) is 0 Å². The molecular formula is C16H26ClN3. The first kappa shape index (κ1) is 15.6. The molecule has 1 unspecified atom stereocenters. The first-order valence-corrected chi connectivity index (χ1v) is 8.14. The summed E-state index contributed by atoms with van der Waals surface area (Å²) in [5, 5.41) is 0. The van der Waals surface area contributed by atoms with E-state index in [4.69, 9.17) is 16.6 Å². The molecule has 1 saturated heterocycles. The van der Waals surface area contributed by atoms with Crippen molar-refractivity contribution in [2.75, 3.05) is 32.1 Å². The standard InChI is InChI=1S/C16H26ClN3/c1-4-6-14-9-13(11-17)10-16(18-14)20(3)12-15-7-5-8-19(15)2/h9-10,15H,4-8,11-12H2,1-3H3. The number of aryl methyl sites for hydroxylation is 1. The van der Waals surface area contributed by atoms with E-state index in [2.05, 4.69) is 43.0 Å². The maximum atomic E-state index is 6.01. The molecule has 1 aliphatic heterocycles. The monoisotopic (exact) mass is 295 g/mol. The number of rotatable bonds is 6. The van der Waals surface area contributed by atoms with Gasteiger partial charge in [0, 0.05) is 31.2 Å². The molecule has 1 aromatic rings. The first-order chi connectivity index (χ1) is 9.63. The van der Waals surface area contributed by atoms with Crippen LogP contribution in [0.2, 0.25) is 0 Å². The summed E-state index contributed by atoms with van der Waals surface area (Å²) in [4.78, 5) is 9.52. The van der Waals surface area contributed by atoms with E-state index in [9.17, 15) is 0 Å². The van der Waals surface area contributed by atoms with Crippen LogP contribution in [0, 0.1) is 0 Å². The summed E-state index contributed by atoms with van der Waals surface area (Å²) in [6.07, 6.45) is 4.74. The molecule has 3 nitrogen and oxygen atoms in total. The molecule has 0 saturated carbocycles. The lowest BCUT2D eigenvalue weighted by molar-refractivity contribution is 0.314. The first-order valence-electron chi connectivity index (χ1n) is 7.61. The number of likely N-dealkylation sites (N-methyl/N-ethyl adjacent to an activating group) is 2. The average molecular weight is 296 g/mol. The van der Waals surface area contributed by atoms with Crippen molar-refractivity contribution < 1.29 is 0 Å². The summed E-state index contributed by atoms with van der Waals surface area (Å²) < 4.78 is 0. The van der Waals surface area contributed by atoms with Gasteiger partial charge in [-0.05, 0) is 50.6 Å². The summed E-state index contributed by atoms with van der Waals surface area (Å²) in [6, 6.07) is 4.91. The Morgan fingerprint density at radius 2 is 2.25 bits per heavy atom. The lowest BCUT2D eigenvalue weighted by Gasteiger charge is -2.27. The quantitative estimate of drug-likeness (QED) is 0.751. The fraction of sp³-hybridized carbons (Fsp3) is 0.688. The van der Waals surface area contributed by atoms with E-state index >= 15 is 0 Å². The van der Waals surface area contributed by atoms with Gasteiger partial charge < -0.3 is 9.80 Å². The molecule has 2 heterocycles. The zero-order valence-electron chi connectivity index (χ0n) is 12.9. The minimum Gasteiger partial charge on any atom is -0.358 e. The molecule has 1 fully saturated rings. The van der Waals surface area contributed by atoms with E-state index in [1.807, 2.05) is 0 Å². The van der Waals surface area contributed by atoms with E-state index in [0.29, 0.717) is 11.9 Å². The zero-order chi connectivity index (χ0) is 14.5. The average Bonchev–Trinajstić information content (AvgIpc) is 2.84. The zero-order valence-corrected chi connectivity index (χ0v) is 13.7. The largest absolute Gasteiger partial charge is 0.358 e. The van der Waals surface area contributed by atoms with Crippen molar-refractivity contribution >= 4 is 17.4 Å². The summed E-state index contributed by atoms with van der Waals surface area (Å²) in [5.41, 5.74) is 2.33. The fourth-order valence-electron chi connectivity index (χ4n) is 2.91. The van der Waals surface area contributed by atoms with Gasteiger partial charge in [-0.2, -0.15) is 0 Å². The van der Waals surface area contributed by atoms with Crippen molar-refractivity contribution in [3.63, 3.8) is 0 Å². The van der Waals surface area contributed by atoms with E-state index in [-0.39, 0.29) is 0 Å². The highest BCUT2D eigenvalue weighted by molar-refractivity contribution is 6.17. The molecule has 0 aliphatic carbocycles. The van der Waals surface area contributed by atoms with Gasteiger partial charge >= 0.3 is 0 Å². The Bertz CT molecular complexity index is 436. The van der Waals surface area contributed by atoms with Crippen LogP contribution in [0.25, 0.3) is 0 Å². The molecule has 2 rings (SSSR count). The van der Waals surface area contributed by atoms with E-state index < -0.39 is 0 Å². The van der Waals surface area contributed by atoms with Gasteiger partial charge in [0.15, 0.2) is 0 Å². The van der Waals surface area contributed by atoms with Crippen LogP contribution in [0.4, 0.5) is 5.82 Å². The number of hydrogen-bond acceptors (Lipinski definition) is 3. The summed E-state index contributed by atoms with van der Waals surface area (Å²) in [6.45, 7) is 4.45. The van der Waals surface area contributed by atoms with Crippen LogP contribution in [0.1, 0.15) is 37.4 Å². The number of likely N-dealkylation sites (tertiary alicyclic amines) is 1. The Balaban J connectivity index is 2.11. The Morgan fingerprint density at radius 1 is 1.45 bits per heavy atom. The highest BCUT2D eigenvalue weighted by Gasteiger charge is 2.22. The third-order valence-electron chi connectivity index (χ3n) is 4.13. The normalized spacial score (nSPS) is 19.5. The highest BCUT2D eigenvalue weighted by Crippen LogP contribution is 2.20. The summed E-state index contributed by atoms with van der Waals surface area (Å²) in [5.74, 6) is 1.62. The molecular weight excluding hydrogens is 270 g/mol.